The molecule has 94 valence electrons. The Morgan fingerprint density at radius 2 is 1.78 bits per heavy atom. The fourth-order valence-corrected chi connectivity index (χ4v) is 2.05. The van der Waals surface area contributed by atoms with Gasteiger partial charge in [-0.2, -0.15) is 0 Å². The molecule has 2 nitrogen and oxygen atoms in total. The lowest BCUT2D eigenvalue weighted by molar-refractivity contribution is 0.270. The van der Waals surface area contributed by atoms with E-state index < -0.39 is 0 Å². The summed E-state index contributed by atoms with van der Waals surface area (Å²) >= 11 is 0. The second-order valence-corrected chi connectivity index (χ2v) is 4.54. The highest BCUT2D eigenvalue weighted by Crippen LogP contribution is 2.11. The summed E-state index contributed by atoms with van der Waals surface area (Å²) in [6, 6.07) is 14.8. The maximum absolute atomic E-state index is 4.35. The normalized spacial score (nSPS) is 10.8. The highest BCUT2D eigenvalue weighted by atomic mass is 15.1. The van der Waals surface area contributed by atoms with Gasteiger partial charge >= 0.3 is 0 Å². The quantitative estimate of drug-likeness (QED) is 0.796. The molecule has 0 amide bonds. The van der Waals surface area contributed by atoms with Crippen LogP contribution in [0.5, 0.6) is 0 Å². The Hall–Kier alpha value is -1.67. The summed E-state index contributed by atoms with van der Waals surface area (Å²) in [5, 5.41) is 0. The molecule has 0 fully saturated rings. The molecule has 0 spiro atoms. The van der Waals surface area contributed by atoms with E-state index >= 15 is 0 Å². The summed E-state index contributed by atoms with van der Waals surface area (Å²) < 4.78 is 0. The van der Waals surface area contributed by atoms with Crippen LogP contribution in [-0.2, 0) is 13.1 Å². The molecule has 18 heavy (non-hydrogen) atoms. The van der Waals surface area contributed by atoms with E-state index in [1.165, 1.54) is 11.1 Å². The molecule has 2 aromatic rings. The van der Waals surface area contributed by atoms with Gasteiger partial charge in [0.05, 0.1) is 0 Å². The van der Waals surface area contributed by atoms with Gasteiger partial charge in [0.1, 0.15) is 0 Å². The minimum atomic E-state index is 0.963. The van der Waals surface area contributed by atoms with Gasteiger partial charge in [0.15, 0.2) is 0 Å². The third-order valence-corrected chi connectivity index (χ3v) is 3.21. The third-order valence-electron chi connectivity index (χ3n) is 3.21. The van der Waals surface area contributed by atoms with Crippen LogP contribution in [0, 0.1) is 6.92 Å². The Morgan fingerprint density at radius 1 is 1.00 bits per heavy atom. The van der Waals surface area contributed by atoms with Crippen LogP contribution >= 0.6 is 0 Å². The first kappa shape index (κ1) is 12.8. The Kier molecular flexibility index (Phi) is 4.48. The van der Waals surface area contributed by atoms with Crippen molar-refractivity contribution in [2.45, 2.75) is 26.9 Å². The number of rotatable bonds is 5. The molecule has 0 saturated heterocycles. The number of hydrogen-bond acceptors (Lipinski definition) is 2. The van der Waals surface area contributed by atoms with Gasteiger partial charge in [-0.25, -0.2) is 0 Å². The molecule has 2 rings (SSSR count). The van der Waals surface area contributed by atoms with E-state index in [-0.39, 0.29) is 0 Å². The highest BCUT2D eigenvalue weighted by Gasteiger charge is 2.06. The molecule has 0 aliphatic rings. The van der Waals surface area contributed by atoms with E-state index in [0.717, 1.165) is 25.3 Å². The number of pyridine rings is 1. The molecule has 1 aromatic heterocycles. The van der Waals surface area contributed by atoms with Crippen molar-refractivity contribution in [2.24, 2.45) is 0 Å². The van der Waals surface area contributed by atoms with Crippen LogP contribution < -0.4 is 0 Å². The van der Waals surface area contributed by atoms with E-state index in [2.05, 4.69) is 60.1 Å². The number of nitrogens with zero attached hydrogens (tertiary/aromatic N) is 2. The first-order chi connectivity index (χ1) is 8.79. The maximum atomic E-state index is 4.35. The Labute approximate surface area is 109 Å². The molecule has 0 bridgehead atoms. The van der Waals surface area contributed by atoms with Crippen LogP contribution in [0.3, 0.4) is 0 Å². The van der Waals surface area contributed by atoms with Gasteiger partial charge in [0.2, 0.25) is 0 Å². The number of benzene rings is 1. The first-order valence-electron chi connectivity index (χ1n) is 6.46. The van der Waals surface area contributed by atoms with Crippen molar-refractivity contribution in [2.75, 3.05) is 6.54 Å². The van der Waals surface area contributed by atoms with E-state index in [1.807, 2.05) is 12.3 Å². The minimum Gasteiger partial charge on any atom is -0.295 e. The number of hydrogen-bond donors (Lipinski definition) is 0. The second-order valence-electron chi connectivity index (χ2n) is 4.54. The molecule has 0 unspecified atom stereocenters. The number of aromatic nitrogens is 1. The fraction of sp³-hybridized carbons (Fsp3) is 0.312. The van der Waals surface area contributed by atoms with Crippen molar-refractivity contribution in [1.29, 1.82) is 0 Å². The first-order valence-corrected chi connectivity index (χ1v) is 6.46. The van der Waals surface area contributed by atoms with Crippen molar-refractivity contribution in [3.8, 4) is 0 Å². The summed E-state index contributed by atoms with van der Waals surface area (Å²) in [6.07, 6.45) is 1.85. The van der Waals surface area contributed by atoms with Gasteiger partial charge in [-0.1, -0.05) is 43.3 Å². The zero-order chi connectivity index (χ0) is 12.8. The maximum Gasteiger partial charge on any atom is 0.0417 e. The van der Waals surface area contributed by atoms with Gasteiger partial charge in [0.25, 0.3) is 0 Å². The largest absolute Gasteiger partial charge is 0.295 e. The molecular formula is C16H20N2. The second kappa shape index (κ2) is 6.31. The zero-order valence-corrected chi connectivity index (χ0v) is 11.1. The molecule has 0 aliphatic heterocycles. The average molecular weight is 240 g/mol. The monoisotopic (exact) mass is 240 g/mol. The highest BCUT2D eigenvalue weighted by molar-refractivity contribution is 5.19. The Morgan fingerprint density at radius 3 is 2.44 bits per heavy atom. The topological polar surface area (TPSA) is 16.1 Å². The molecule has 1 aromatic carbocycles. The predicted molar refractivity (Wildman–Crippen MR) is 75.2 cm³/mol. The van der Waals surface area contributed by atoms with Crippen molar-refractivity contribution < 1.29 is 0 Å². The fourth-order valence-electron chi connectivity index (χ4n) is 2.05. The Bertz CT molecular complexity index is 479. The van der Waals surface area contributed by atoms with E-state index in [0.29, 0.717) is 0 Å². The lowest BCUT2D eigenvalue weighted by Crippen LogP contribution is -2.22. The van der Waals surface area contributed by atoms with Crippen molar-refractivity contribution in [1.82, 2.24) is 9.88 Å². The molecule has 1 heterocycles. The smallest absolute Gasteiger partial charge is 0.0417 e. The van der Waals surface area contributed by atoms with E-state index in [1.54, 1.807) is 0 Å². The molecule has 0 aliphatic carbocycles. The van der Waals surface area contributed by atoms with Gasteiger partial charge < -0.3 is 0 Å². The van der Waals surface area contributed by atoms with Crippen molar-refractivity contribution >= 4 is 0 Å². The summed E-state index contributed by atoms with van der Waals surface area (Å²) in [7, 11) is 0. The molecular weight excluding hydrogens is 220 g/mol. The summed E-state index contributed by atoms with van der Waals surface area (Å²) in [4.78, 5) is 6.78. The molecule has 0 atom stereocenters. The minimum absolute atomic E-state index is 0.963. The molecule has 0 saturated carbocycles. The lowest BCUT2D eigenvalue weighted by Gasteiger charge is -2.21. The van der Waals surface area contributed by atoms with E-state index in [9.17, 15) is 0 Å². The lowest BCUT2D eigenvalue weighted by atomic mass is 10.1. The summed E-state index contributed by atoms with van der Waals surface area (Å²) in [5.74, 6) is 0. The van der Waals surface area contributed by atoms with Crippen LogP contribution in [0.4, 0.5) is 0 Å². The average Bonchev–Trinajstić information content (AvgIpc) is 2.41. The number of aryl methyl sites for hydroxylation is 1. The summed E-state index contributed by atoms with van der Waals surface area (Å²) in [6.45, 7) is 7.28. The van der Waals surface area contributed by atoms with Gasteiger partial charge in [-0.05, 0) is 30.7 Å². The van der Waals surface area contributed by atoms with Crippen LogP contribution in [-0.4, -0.2) is 16.4 Å². The SMILES string of the molecule is CCN(Cc1ccccc1)Cc1cccnc1C. The van der Waals surface area contributed by atoms with Gasteiger partial charge in [-0.3, -0.25) is 9.88 Å². The van der Waals surface area contributed by atoms with Crippen molar-refractivity contribution in [3.63, 3.8) is 0 Å². The van der Waals surface area contributed by atoms with Gasteiger partial charge in [0, 0.05) is 25.0 Å². The third kappa shape index (κ3) is 3.41. The Balaban J connectivity index is 2.04. The van der Waals surface area contributed by atoms with Crippen LogP contribution in [0.15, 0.2) is 48.7 Å². The van der Waals surface area contributed by atoms with E-state index in [4.69, 9.17) is 0 Å². The molecule has 0 radical (unpaired) electrons. The standard InChI is InChI=1S/C16H20N2/c1-3-18(12-15-8-5-4-6-9-15)13-16-10-7-11-17-14(16)2/h4-11H,3,12-13H2,1-2H3. The van der Waals surface area contributed by atoms with Crippen molar-refractivity contribution in [3.05, 3.63) is 65.5 Å². The molecule has 2 heteroatoms. The summed E-state index contributed by atoms with van der Waals surface area (Å²) in [5.41, 5.74) is 3.81. The van der Waals surface area contributed by atoms with Crippen LogP contribution in [0.2, 0.25) is 0 Å². The van der Waals surface area contributed by atoms with Crippen LogP contribution in [0.25, 0.3) is 0 Å². The predicted octanol–water partition coefficient (Wildman–Crippen LogP) is 3.41. The molecule has 0 N–H and O–H groups in total. The zero-order valence-electron chi connectivity index (χ0n) is 11.1. The van der Waals surface area contributed by atoms with Gasteiger partial charge in [-0.15, -0.1) is 0 Å². The van der Waals surface area contributed by atoms with Crippen LogP contribution in [0.1, 0.15) is 23.7 Å².